The Morgan fingerprint density at radius 2 is 1.61 bits per heavy atom. The zero-order valence-electron chi connectivity index (χ0n) is 9.19. The summed E-state index contributed by atoms with van der Waals surface area (Å²) in [4.78, 5) is -1.46. The molecule has 0 unspecified atom stereocenters. The molecule has 10 heteroatoms. The van der Waals surface area contributed by atoms with Gasteiger partial charge in [0.1, 0.15) is 15.5 Å². The minimum Gasteiger partial charge on any atom is -0.495 e. The summed E-state index contributed by atoms with van der Waals surface area (Å²) in [5, 5.41) is 0. The molecule has 1 aromatic carbocycles. The Morgan fingerprint density at radius 3 is 1.94 bits per heavy atom. The van der Waals surface area contributed by atoms with Crippen molar-refractivity contribution in [2.45, 2.75) is 16.3 Å². The summed E-state index contributed by atoms with van der Waals surface area (Å²) in [6.07, 6.45) is 0. The Hall–Kier alpha value is -1.20. The van der Waals surface area contributed by atoms with Gasteiger partial charge in [0.2, 0.25) is 0 Å². The third-order valence-electron chi connectivity index (χ3n) is 2.12. The monoisotopic (exact) mass is 297 g/mol. The fraction of sp³-hybridized carbons (Fsp3) is 0.250. The molecule has 0 amide bonds. The molecule has 0 spiro atoms. The number of ether oxygens (including phenoxy) is 1. The van der Waals surface area contributed by atoms with Gasteiger partial charge >= 0.3 is 0 Å². The Kier molecular flexibility index (Phi) is 3.98. The largest absolute Gasteiger partial charge is 0.495 e. The van der Waals surface area contributed by atoms with Crippen LogP contribution in [-0.2, 0) is 26.8 Å². The maximum Gasteiger partial charge on any atom is 0.298 e. The summed E-state index contributed by atoms with van der Waals surface area (Å²) in [6, 6.07) is 1.61. The van der Waals surface area contributed by atoms with Crippen LogP contribution in [0.3, 0.4) is 0 Å². The zero-order chi connectivity index (χ0) is 14.1. The summed E-state index contributed by atoms with van der Waals surface area (Å²) >= 11 is 0. The van der Waals surface area contributed by atoms with E-state index in [9.17, 15) is 16.8 Å². The normalized spacial score (nSPS) is 12.4. The van der Waals surface area contributed by atoms with E-state index in [-0.39, 0.29) is 17.9 Å². The van der Waals surface area contributed by atoms with Crippen LogP contribution >= 0.6 is 0 Å². The van der Waals surface area contributed by atoms with Gasteiger partial charge in [0.15, 0.2) is 0 Å². The molecule has 0 aliphatic heterocycles. The molecule has 0 radical (unpaired) electrons. The average molecular weight is 297 g/mol. The highest BCUT2D eigenvalue weighted by atomic mass is 32.2. The quantitative estimate of drug-likeness (QED) is 0.639. The molecular formula is C8H11NO7S2. The van der Waals surface area contributed by atoms with E-state index in [0.29, 0.717) is 6.07 Å². The molecule has 0 aliphatic carbocycles. The Morgan fingerprint density at radius 1 is 1.11 bits per heavy atom. The van der Waals surface area contributed by atoms with Gasteiger partial charge in [0, 0.05) is 6.54 Å². The Bertz CT molecular complexity index is 608. The van der Waals surface area contributed by atoms with Crippen LogP contribution in [0.4, 0.5) is 0 Å². The van der Waals surface area contributed by atoms with Crippen molar-refractivity contribution in [3.05, 3.63) is 17.7 Å². The van der Waals surface area contributed by atoms with Crippen molar-refractivity contribution < 1.29 is 30.7 Å². The summed E-state index contributed by atoms with van der Waals surface area (Å²) in [5.74, 6) is -0.273. The highest BCUT2D eigenvalue weighted by Crippen LogP contribution is 2.29. The summed E-state index contributed by atoms with van der Waals surface area (Å²) in [6.45, 7) is -0.267. The van der Waals surface area contributed by atoms with Crippen LogP contribution in [0.1, 0.15) is 5.56 Å². The number of benzene rings is 1. The fourth-order valence-corrected chi connectivity index (χ4v) is 2.82. The van der Waals surface area contributed by atoms with Gasteiger partial charge < -0.3 is 10.5 Å². The molecule has 8 nitrogen and oxygen atoms in total. The van der Waals surface area contributed by atoms with Gasteiger partial charge in [-0.05, 0) is 17.7 Å². The smallest absolute Gasteiger partial charge is 0.298 e. The topological polar surface area (TPSA) is 144 Å². The van der Waals surface area contributed by atoms with Crippen molar-refractivity contribution in [2.75, 3.05) is 7.11 Å². The number of hydrogen-bond donors (Lipinski definition) is 3. The second-order valence-corrected chi connectivity index (χ2v) is 6.04. The van der Waals surface area contributed by atoms with Crippen molar-refractivity contribution in [3.8, 4) is 5.75 Å². The van der Waals surface area contributed by atoms with E-state index in [0.717, 1.165) is 13.2 Å². The van der Waals surface area contributed by atoms with E-state index in [1.54, 1.807) is 0 Å². The lowest BCUT2D eigenvalue weighted by molar-refractivity contribution is 0.396. The van der Waals surface area contributed by atoms with Crippen LogP contribution in [0.15, 0.2) is 21.9 Å². The predicted octanol–water partition coefficient (Wildman–Crippen LogP) is -0.353. The Labute approximate surface area is 104 Å². The lowest BCUT2D eigenvalue weighted by atomic mass is 10.2. The van der Waals surface area contributed by atoms with Gasteiger partial charge in [0.25, 0.3) is 20.2 Å². The molecule has 0 atom stereocenters. The van der Waals surface area contributed by atoms with Crippen molar-refractivity contribution in [1.29, 1.82) is 0 Å². The molecule has 1 rings (SSSR count). The number of rotatable bonds is 4. The summed E-state index contributed by atoms with van der Waals surface area (Å²) in [5.41, 5.74) is 5.25. The lowest BCUT2D eigenvalue weighted by Crippen LogP contribution is -2.11. The maximum atomic E-state index is 11.1. The third-order valence-corrected chi connectivity index (χ3v) is 3.93. The first-order valence-electron chi connectivity index (χ1n) is 4.47. The second kappa shape index (κ2) is 4.82. The molecule has 4 N–H and O–H groups in total. The first kappa shape index (κ1) is 14.9. The van der Waals surface area contributed by atoms with Gasteiger partial charge in [0.05, 0.1) is 7.11 Å². The molecule has 0 saturated heterocycles. The minimum absolute atomic E-state index is 0.0400. The van der Waals surface area contributed by atoms with Crippen molar-refractivity contribution in [2.24, 2.45) is 5.73 Å². The molecule has 0 fully saturated rings. The number of methoxy groups -OCH3 is 1. The molecule has 0 aromatic heterocycles. The summed E-state index contributed by atoms with van der Waals surface area (Å²) < 4.78 is 66.9. The van der Waals surface area contributed by atoms with Gasteiger partial charge in [-0.2, -0.15) is 16.8 Å². The van der Waals surface area contributed by atoms with E-state index < -0.39 is 30.0 Å². The second-order valence-electron chi connectivity index (χ2n) is 3.27. The highest BCUT2D eigenvalue weighted by Gasteiger charge is 2.24. The SMILES string of the molecule is COc1cc(CN)c(S(=O)(=O)O)cc1S(=O)(=O)O. The van der Waals surface area contributed by atoms with Gasteiger partial charge in [-0.1, -0.05) is 0 Å². The number of nitrogens with two attached hydrogens (primary N) is 1. The number of hydrogen-bond acceptors (Lipinski definition) is 6. The molecule has 102 valence electrons. The summed E-state index contributed by atoms with van der Waals surface area (Å²) in [7, 11) is -8.22. The molecular weight excluding hydrogens is 286 g/mol. The standard InChI is InChI=1S/C8H11NO7S2/c1-16-6-2-5(4-9)7(17(10,11)12)3-8(6)18(13,14)15/h2-3H,4,9H2,1H3,(H,10,11,12)(H,13,14,15). The first-order chi connectivity index (χ1) is 8.11. The van der Waals surface area contributed by atoms with E-state index in [1.165, 1.54) is 0 Å². The first-order valence-corrected chi connectivity index (χ1v) is 7.35. The molecule has 0 heterocycles. The van der Waals surface area contributed by atoms with Crippen LogP contribution in [0.25, 0.3) is 0 Å². The molecule has 1 aromatic rings. The maximum absolute atomic E-state index is 11.1. The van der Waals surface area contributed by atoms with Gasteiger partial charge in [-0.15, -0.1) is 0 Å². The molecule has 18 heavy (non-hydrogen) atoms. The van der Waals surface area contributed by atoms with E-state index in [4.69, 9.17) is 19.6 Å². The highest BCUT2D eigenvalue weighted by molar-refractivity contribution is 7.86. The van der Waals surface area contributed by atoms with Crippen LogP contribution in [-0.4, -0.2) is 33.1 Å². The Balaban J connectivity index is 3.76. The van der Waals surface area contributed by atoms with E-state index >= 15 is 0 Å². The predicted molar refractivity (Wildman–Crippen MR) is 60.5 cm³/mol. The van der Waals surface area contributed by atoms with Crippen LogP contribution in [0.2, 0.25) is 0 Å². The van der Waals surface area contributed by atoms with Gasteiger partial charge in [-0.3, -0.25) is 9.11 Å². The average Bonchev–Trinajstić information content (AvgIpc) is 2.24. The van der Waals surface area contributed by atoms with Crippen molar-refractivity contribution in [3.63, 3.8) is 0 Å². The van der Waals surface area contributed by atoms with E-state index in [2.05, 4.69) is 0 Å². The van der Waals surface area contributed by atoms with E-state index in [1.807, 2.05) is 0 Å². The minimum atomic E-state index is -4.69. The molecule has 0 saturated carbocycles. The van der Waals surface area contributed by atoms with Crippen molar-refractivity contribution in [1.82, 2.24) is 0 Å². The third kappa shape index (κ3) is 2.97. The zero-order valence-corrected chi connectivity index (χ0v) is 10.8. The van der Waals surface area contributed by atoms with Crippen LogP contribution in [0.5, 0.6) is 5.75 Å². The lowest BCUT2D eigenvalue weighted by Gasteiger charge is -2.11. The molecule has 0 aliphatic rings. The fourth-order valence-electron chi connectivity index (χ4n) is 1.34. The van der Waals surface area contributed by atoms with Crippen LogP contribution in [0, 0.1) is 0 Å². The van der Waals surface area contributed by atoms with Crippen molar-refractivity contribution >= 4 is 20.2 Å². The molecule has 0 bridgehead atoms. The van der Waals surface area contributed by atoms with Crippen LogP contribution < -0.4 is 10.5 Å². The van der Waals surface area contributed by atoms with Gasteiger partial charge in [-0.25, -0.2) is 0 Å².